The summed E-state index contributed by atoms with van der Waals surface area (Å²) in [5.74, 6) is 0. The third-order valence-electron chi connectivity index (χ3n) is 2.08. The molecule has 1 aromatic carbocycles. The first kappa shape index (κ1) is 15.3. The minimum Gasteiger partial charge on any atom is -0.444 e. The number of alkyl carbamates (subject to hydrolysis) is 1. The molecule has 0 radical (unpaired) electrons. The van der Waals surface area contributed by atoms with Gasteiger partial charge in [-0.2, -0.15) is 0 Å². The summed E-state index contributed by atoms with van der Waals surface area (Å²) in [7, 11) is 0. The second-order valence-electron chi connectivity index (χ2n) is 4.91. The maximum atomic E-state index is 11.4. The normalized spacial score (nSPS) is 11.2. The van der Waals surface area contributed by atoms with Crippen LogP contribution < -0.4 is 5.32 Å². The van der Waals surface area contributed by atoms with E-state index in [0.717, 1.165) is 10.0 Å². The Balaban J connectivity index is 2.40. The zero-order valence-electron chi connectivity index (χ0n) is 10.7. The molecule has 100 valence electrons. The summed E-state index contributed by atoms with van der Waals surface area (Å²) in [5.41, 5.74) is 0.523. The van der Waals surface area contributed by atoms with Gasteiger partial charge in [0.15, 0.2) is 0 Å². The Hall–Kier alpha value is -0.740. The van der Waals surface area contributed by atoms with E-state index < -0.39 is 11.7 Å². The van der Waals surface area contributed by atoms with Gasteiger partial charge in [-0.15, -0.1) is 0 Å². The standard InChI is InChI=1S/C13H17BrClNO2/c1-13(2,3)18-12(17)16-7-6-9-4-5-10(14)8-11(9)15/h4-5,8H,6-7H2,1-3H3,(H,16,17). The number of halogens is 2. The average Bonchev–Trinajstić information content (AvgIpc) is 2.18. The van der Waals surface area contributed by atoms with Crippen molar-refractivity contribution in [3.05, 3.63) is 33.3 Å². The van der Waals surface area contributed by atoms with E-state index in [1.165, 1.54) is 0 Å². The van der Waals surface area contributed by atoms with Gasteiger partial charge in [-0.3, -0.25) is 0 Å². The molecule has 0 saturated carbocycles. The summed E-state index contributed by atoms with van der Waals surface area (Å²) in [6, 6.07) is 5.70. The van der Waals surface area contributed by atoms with Crippen molar-refractivity contribution < 1.29 is 9.53 Å². The molecule has 1 aromatic rings. The molecule has 1 N–H and O–H groups in total. The summed E-state index contributed by atoms with van der Waals surface area (Å²) in [5, 5.41) is 3.39. The molecule has 0 spiro atoms. The number of hydrogen-bond acceptors (Lipinski definition) is 2. The van der Waals surface area contributed by atoms with Crippen LogP contribution in [0.5, 0.6) is 0 Å². The average molecular weight is 335 g/mol. The Morgan fingerprint density at radius 1 is 1.44 bits per heavy atom. The predicted octanol–water partition coefficient (Wildman–Crippen LogP) is 4.17. The molecule has 1 rings (SSSR count). The van der Waals surface area contributed by atoms with Crippen molar-refractivity contribution in [2.24, 2.45) is 0 Å². The van der Waals surface area contributed by atoms with Crippen molar-refractivity contribution in [3.63, 3.8) is 0 Å². The number of carbonyl (C=O) groups is 1. The highest BCUT2D eigenvalue weighted by atomic mass is 79.9. The third kappa shape index (κ3) is 5.74. The fourth-order valence-electron chi connectivity index (χ4n) is 1.34. The summed E-state index contributed by atoms with van der Waals surface area (Å²) < 4.78 is 6.08. The van der Waals surface area contributed by atoms with Gasteiger partial charge in [0.1, 0.15) is 5.60 Å². The number of benzene rings is 1. The monoisotopic (exact) mass is 333 g/mol. The minimum absolute atomic E-state index is 0.407. The van der Waals surface area contributed by atoms with E-state index in [1.54, 1.807) is 0 Å². The number of nitrogens with one attached hydrogen (secondary N) is 1. The van der Waals surface area contributed by atoms with Gasteiger partial charge in [0.05, 0.1) is 0 Å². The highest BCUT2D eigenvalue weighted by Gasteiger charge is 2.15. The van der Waals surface area contributed by atoms with Crippen molar-refractivity contribution in [1.29, 1.82) is 0 Å². The summed E-state index contributed by atoms with van der Waals surface area (Å²) in [6.07, 6.45) is 0.265. The lowest BCUT2D eigenvalue weighted by Gasteiger charge is -2.19. The quantitative estimate of drug-likeness (QED) is 0.901. The zero-order chi connectivity index (χ0) is 13.8. The molecule has 0 aliphatic rings. The van der Waals surface area contributed by atoms with Crippen molar-refractivity contribution in [2.45, 2.75) is 32.8 Å². The number of ether oxygens (including phenoxy) is 1. The van der Waals surface area contributed by atoms with Crippen LogP contribution in [0.15, 0.2) is 22.7 Å². The van der Waals surface area contributed by atoms with Gasteiger partial charge < -0.3 is 10.1 Å². The molecule has 0 saturated heterocycles. The number of amides is 1. The van der Waals surface area contributed by atoms with Crippen molar-refractivity contribution >= 4 is 33.6 Å². The Labute approximate surface area is 121 Å². The van der Waals surface area contributed by atoms with Crippen LogP contribution in [0.4, 0.5) is 4.79 Å². The molecule has 0 aliphatic heterocycles. The van der Waals surface area contributed by atoms with Gasteiger partial charge in [0.2, 0.25) is 0 Å². The van der Waals surface area contributed by atoms with E-state index in [9.17, 15) is 4.79 Å². The molecule has 5 heteroatoms. The fraction of sp³-hybridized carbons (Fsp3) is 0.462. The van der Waals surface area contributed by atoms with Gasteiger partial charge in [-0.25, -0.2) is 4.79 Å². The van der Waals surface area contributed by atoms with Crippen LogP contribution in [0, 0.1) is 0 Å². The first-order chi connectivity index (χ1) is 8.28. The van der Waals surface area contributed by atoms with Gasteiger partial charge >= 0.3 is 6.09 Å². The van der Waals surface area contributed by atoms with Crippen molar-refractivity contribution in [3.8, 4) is 0 Å². The van der Waals surface area contributed by atoms with E-state index >= 15 is 0 Å². The lowest BCUT2D eigenvalue weighted by Crippen LogP contribution is -2.33. The maximum absolute atomic E-state index is 11.4. The molecule has 1 amide bonds. The maximum Gasteiger partial charge on any atom is 0.407 e. The molecule has 0 aromatic heterocycles. The van der Waals surface area contributed by atoms with E-state index in [-0.39, 0.29) is 0 Å². The van der Waals surface area contributed by atoms with Crippen LogP contribution in [0.1, 0.15) is 26.3 Å². The van der Waals surface area contributed by atoms with Crippen LogP contribution in [-0.2, 0) is 11.2 Å². The topological polar surface area (TPSA) is 38.3 Å². The summed E-state index contributed by atoms with van der Waals surface area (Å²) in [6.45, 7) is 5.99. The molecule has 18 heavy (non-hydrogen) atoms. The van der Waals surface area contributed by atoms with Gasteiger partial charge in [-0.1, -0.05) is 33.6 Å². The third-order valence-corrected chi connectivity index (χ3v) is 2.92. The highest BCUT2D eigenvalue weighted by molar-refractivity contribution is 9.10. The van der Waals surface area contributed by atoms with Crippen LogP contribution in [-0.4, -0.2) is 18.2 Å². The lowest BCUT2D eigenvalue weighted by atomic mass is 10.1. The molecule has 0 fully saturated rings. The zero-order valence-corrected chi connectivity index (χ0v) is 13.1. The van der Waals surface area contributed by atoms with Crippen LogP contribution in [0.2, 0.25) is 5.02 Å². The first-order valence-electron chi connectivity index (χ1n) is 5.69. The molecule has 0 heterocycles. The van der Waals surface area contributed by atoms with Crippen LogP contribution in [0.25, 0.3) is 0 Å². The Kier molecular flexibility index (Phi) is 5.47. The van der Waals surface area contributed by atoms with E-state index in [1.807, 2.05) is 39.0 Å². The first-order valence-corrected chi connectivity index (χ1v) is 6.86. The van der Waals surface area contributed by atoms with E-state index in [2.05, 4.69) is 21.2 Å². The molecule has 0 aliphatic carbocycles. The molecular formula is C13H17BrClNO2. The molecule has 3 nitrogen and oxygen atoms in total. The fourth-order valence-corrected chi connectivity index (χ4v) is 2.11. The molecule has 0 unspecified atom stereocenters. The van der Waals surface area contributed by atoms with Crippen LogP contribution >= 0.6 is 27.5 Å². The largest absolute Gasteiger partial charge is 0.444 e. The van der Waals surface area contributed by atoms with E-state index in [0.29, 0.717) is 18.0 Å². The lowest BCUT2D eigenvalue weighted by molar-refractivity contribution is 0.0528. The highest BCUT2D eigenvalue weighted by Crippen LogP contribution is 2.21. The Morgan fingerprint density at radius 3 is 2.67 bits per heavy atom. The predicted molar refractivity (Wildman–Crippen MR) is 77.1 cm³/mol. The number of carbonyl (C=O) groups excluding carboxylic acids is 1. The Bertz CT molecular complexity index is 429. The number of hydrogen-bond donors (Lipinski definition) is 1. The minimum atomic E-state index is -0.473. The second-order valence-corrected chi connectivity index (χ2v) is 6.24. The summed E-state index contributed by atoms with van der Waals surface area (Å²) >= 11 is 9.42. The van der Waals surface area contributed by atoms with Crippen molar-refractivity contribution in [1.82, 2.24) is 5.32 Å². The molecular weight excluding hydrogens is 318 g/mol. The molecule has 0 atom stereocenters. The second kappa shape index (κ2) is 6.43. The van der Waals surface area contributed by atoms with Gasteiger partial charge in [0, 0.05) is 16.0 Å². The van der Waals surface area contributed by atoms with Gasteiger partial charge in [-0.05, 0) is 44.9 Å². The van der Waals surface area contributed by atoms with Crippen LogP contribution in [0.3, 0.4) is 0 Å². The molecule has 0 bridgehead atoms. The number of rotatable bonds is 3. The van der Waals surface area contributed by atoms with E-state index in [4.69, 9.17) is 16.3 Å². The van der Waals surface area contributed by atoms with Crippen molar-refractivity contribution in [2.75, 3.05) is 6.54 Å². The Morgan fingerprint density at radius 2 is 2.11 bits per heavy atom. The smallest absolute Gasteiger partial charge is 0.407 e. The SMILES string of the molecule is CC(C)(C)OC(=O)NCCc1ccc(Br)cc1Cl. The summed E-state index contributed by atoms with van der Waals surface area (Å²) in [4.78, 5) is 11.4. The van der Waals surface area contributed by atoms with Gasteiger partial charge in [0.25, 0.3) is 0 Å².